The normalized spacial score (nSPS) is 11.8. The van der Waals surface area contributed by atoms with Crippen LogP contribution in [0.25, 0.3) is 0 Å². The quantitative estimate of drug-likeness (QED) is 0.628. The van der Waals surface area contributed by atoms with Crippen molar-refractivity contribution in [3.63, 3.8) is 0 Å². The number of hydrogen-bond acceptors (Lipinski definition) is 4. The molecule has 2 N–H and O–H groups in total. The molecule has 1 amide bonds. The molecule has 23 heavy (non-hydrogen) atoms. The second-order valence-corrected chi connectivity index (χ2v) is 6.52. The number of aliphatic carboxylic acids is 1. The van der Waals surface area contributed by atoms with Crippen molar-refractivity contribution in [1.29, 1.82) is 0 Å². The molecule has 0 spiro atoms. The van der Waals surface area contributed by atoms with Gasteiger partial charge in [0.05, 0.1) is 6.61 Å². The maximum absolute atomic E-state index is 11.8. The predicted octanol–water partition coefficient (Wildman–Crippen LogP) is 3.13. The molecule has 1 rings (SSSR count). The Bertz CT molecular complexity index is 539. The van der Waals surface area contributed by atoms with Gasteiger partial charge in [0, 0.05) is 11.4 Å². The van der Waals surface area contributed by atoms with Crippen LogP contribution in [-0.2, 0) is 9.59 Å². The summed E-state index contributed by atoms with van der Waals surface area (Å²) in [5.41, 5.74) is 0.935. The van der Waals surface area contributed by atoms with E-state index in [1.165, 1.54) is 0 Å². The molecule has 0 heterocycles. The first-order valence-electron chi connectivity index (χ1n) is 7.34. The fourth-order valence-corrected chi connectivity index (χ4v) is 2.65. The molecule has 1 aromatic rings. The summed E-state index contributed by atoms with van der Waals surface area (Å²) >= 11 is 7.42. The molecule has 0 aliphatic heterocycles. The molecule has 0 saturated carbocycles. The summed E-state index contributed by atoms with van der Waals surface area (Å²) in [4.78, 5) is 22.9. The molecule has 128 valence electrons. The first-order valence-corrected chi connectivity index (χ1v) is 9.11. The van der Waals surface area contributed by atoms with Gasteiger partial charge >= 0.3 is 5.97 Å². The number of halogens is 1. The van der Waals surface area contributed by atoms with Gasteiger partial charge in [0.1, 0.15) is 11.8 Å². The van der Waals surface area contributed by atoms with Gasteiger partial charge in [-0.1, -0.05) is 11.6 Å². The van der Waals surface area contributed by atoms with E-state index in [0.29, 0.717) is 30.2 Å². The largest absolute Gasteiger partial charge is 0.493 e. The van der Waals surface area contributed by atoms with E-state index in [4.69, 9.17) is 21.4 Å². The molecule has 7 heteroatoms. The van der Waals surface area contributed by atoms with E-state index >= 15 is 0 Å². The van der Waals surface area contributed by atoms with Gasteiger partial charge in [-0.15, -0.1) is 0 Å². The summed E-state index contributed by atoms with van der Waals surface area (Å²) in [7, 11) is 0. The second kappa shape index (κ2) is 10.4. The lowest BCUT2D eigenvalue weighted by molar-refractivity contribution is -0.141. The standard InChI is InChI=1S/C16H22ClNO4S/c1-11-10-12(17)5-6-14(11)22-8-3-4-15(19)18-13(16(20)21)7-9-23-2/h5-6,10,13H,3-4,7-9H2,1-2H3,(H,18,19)(H,20,21)/t13-/m1/s1. The highest BCUT2D eigenvalue weighted by Crippen LogP contribution is 2.21. The van der Waals surface area contributed by atoms with Crippen LogP contribution in [0.3, 0.4) is 0 Å². The van der Waals surface area contributed by atoms with E-state index in [1.54, 1.807) is 23.9 Å². The molecule has 0 aliphatic carbocycles. The number of amides is 1. The minimum absolute atomic E-state index is 0.232. The van der Waals surface area contributed by atoms with Crippen molar-refractivity contribution in [2.45, 2.75) is 32.2 Å². The average Bonchev–Trinajstić information content (AvgIpc) is 2.49. The van der Waals surface area contributed by atoms with E-state index < -0.39 is 12.0 Å². The molecular weight excluding hydrogens is 338 g/mol. The van der Waals surface area contributed by atoms with Gasteiger partial charge < -0.3 is 15.2 Å². The molecule has 5 nitrogen and oxygen atoms in total. The van der Waals surface area contributed by atoms with Crippen LogP contribution in [0.1, 0.15) is 24.8 Å². The lowest BCUT2D eigenvalue weighted by atomic mass is 10.2. The summed E-state index contributed by atoms with van der Waals surface area (Å²) in [5.74, 6) is 0.157. The van der Waals surface area contributed by atoms with E-state index in [0.717, 1.165) is 11.3 Å². The number of carbonyl (C=O) groups is 2. The summed E-state index contributed by atoms with van der Waals surface area (Å²) in [6.45, 7) is 2.29. The topological polar surface area (TPSA) is 75.6 Å². The third-order valence-corrected chi connectivity index (χ3v) is 4.07. The third-order valence-electron chi connectivity index (χ3n) is 3.19. The molecule has 0 unspecified atom stereocenters. The summed E-state index contributed by atoms with van der Waals surface area (Å²) in [5, 5.41) is 12.3. The molecule has 0 aromatic heterocycles. The zero-order chi connectivity index (χ0) is 17.2. The van der Waals surface area contributed by atoms with Crippen LogP contribution < -0.4 is 10.1 Å². The van der Waals surface area contributed by atoms with Crippen LogP contribution in [-0.4, -0.2) is 41.6 Å². The number of carboxylic acids is 1. The molecule has 1 aromatic carbocycles. The van der Waals surface area contributed by atoms with Crippen molar-refractivity contribution in [2.24, 2.45) is 0 Å². The molecule has 1 atom stereocenters. The fraction of sp³-hybridized carbons (Fsp3) is 0.500. The smallest absolute Gasteiger partial charge is 0.326 e. The average molecular weight is 360 g/mol. The molecule has 0 saturated heterocycles. The number of aryl methyl sites for hydroxylation is 1. The molecular formula is C16H22ClNO4S. The van der Waals surface area contributed by atoms with Crippen molar-refractivity contribution in [3.8, 4) is 5.75 Å². The number of carbonyl (C=O) groups excluding carboxylic acids is 1. The third kappa shape index (κ3) is 7.61. The van der Waals surface area contributed by atoms with Crippen molar-refractivity contribution in [2.75, 3.05) is 18.6 Å². The Kier molecular flexibility index (Phi) is 8.87. The number of ether oxygens (including phenoxy) is 1. The number of carboxylic acid groups (broad SMARTS) is 1. The van der Waals surface area contributed by atoms with Crippen molar-refractivity contribution in [3.05, 3.63) is 28.8 Å². The van der Waals surface area contributed by atoms with Crippen LogP contribution >= 0.6 is 23.4 Å². The zero-order valence-electron chi connectivity index (χ0n) is 13.3. The Morgan fingerprint density at radius 2 is 2.17 bits per heavy atom. The summed E-state index contributed by atoms with van der Waals surface area (Å²) in [6, 6.07) is 4.53. The Labute approximate surface area is 145 Å². The van der Waals surface area contributed by atoms with Crippen LogP contribution in [0.4, 0.5) is 0 Å². The monoisotopic (exact) mass is 359 g/mol. The Hall–Kier alpha value is -1.40. The van der Waals surface area contributed by atoms with Crippen LogP contribution in [0.2, 0.25) is 5.02 Å². The summed E-state index contributed by atoms with van der Waals surface area (Å²) in [6.07, 6.45) is 3.07. The van der Waals surface area contributed by atoms with Crippen LogP contribution in [0, 0.1) is 6.92 Å². The van der Waals surface area contributed by atoms with Crippen LogP contribution in [0.5, 0.6) is 5.75 Å². The van der Waals surface area contributed by atoms with Gasteiger partial charge in [-0.3, -0.25) is 4.79 Å². The Balaban J connectivity index is 2.31. The van der Waals surface area contributed by atoms with E-state index in [1.807, 2.05) is 19.2 Å². The van der Waals surface area contributed by atoms with E-state index in [-0.39, 0.29) is 12.3 Å². The van der Waals surface area contributed by atoms with Gasteiger partial charge in [0.15, 0.2) is 0 Å². The minimum atomic E-state index is -1.000. The number of thioether (sulfide) groups is 1. The lowest BCUT2D eigenvalue weighted by Crippen LogP contribution is -2.41. The maximum Gasteiger partial charge on any atom is 0.326 e. The van der Waals surface area contributed by atoms with Crippen molar-refractivity contribution >= 4 is 35.2 Å². The number of hydrogen-bond donors (Lipinski definition) is 2. The van der Waals surface area contributed by atoms with Crippen molar-refractivity contribution in [1.82, 2.24) is 5.32 Å². The van der Waals surface area contributed by atoms with E-state index in [2.05, 4.69) is 5.32 Å². The van der Waals surface area contributed by atoms with E-state index in [9.17, 15) is 9.59 Å². The fourth-order valence-electron chi connectivity index (χ4n) is 1.95. The van der Waals surface area contributed by atoms with Gasteiger partial charge in [-0.25, -0.2) is 4.79 Å². The molecule has 0 bridgehead atoms. The number of benzene rings is 1. The number of nitrogens with one attached hydrogen (secondary N) is 1. The number of rotatable bonds is 10. The molecule has 0 fully saturated rings. The van der Waals surface area contributed by atoms with Gasteiger partial charge in [0.25, 0.3) is 0 Å². The first-order chi connectivity index (χ1) is 10.9. The SMILES string of the molecule is CSCC[C@@H](NC(=O)CCCOc1ccc(Cl)cc1C)C(=O)O. The maximum atomic E-state index is 11.8. The molecule has 0 radical (unpaired) electrons. The highest BCUT2D eigenvalue weighted by atomic mass is 35.5. The minimum Gasteiger partial charge on any atom is -0.493 e. The highest BCUT2D eigenvalue weighted by Gasteiger charge is 2.18. The zero-order valence-corrected chi connectivity index (χ0v) is 14.9. The Morgan fingerprint density at radius 3 is 2.78 bits per heavy atom. The summed E-state index contributed by atoms with van der Waals surface area (Å²) < 4.78 is 5.60. The van der Waals surface area contributed by atoms with Crippen LogP contribution in [0.15, 0.2) is 18.2 Å². The van der Waals surface area contributed by atoms with Gasteiger partial charge in [0.2, 0.25) is 5.91 Å². The highest BCUT2D eigenvalue weighted by molar-refractivity contribution is 7.98. The van der Waals surface area contributed by atoms with Gasteiger partial charge in [-0.05, 0) is 55.5 Å². The lowest BCUT2D eigenvalue weighted by Gasteiger charge is -2.14. The molecule has 0 aliphatic rings. The van der Waals surface area contributed by atoms with Gasteiger partial charge in [-0.2, -0.15) is 11.8 Å². The first kappa shape index (κ1) is 19.6. The van der Waals surface area contributed by atoms with Crippen molar-refractivity contribution < 1.29 is 19.4 Å². The predicted molar refractivity (Wildman–Crippen MR) is 93.5 cm³/mol. The second-order valence-electron chi connectivity index (χ2n) is 5.10. The Morgan fingerprint density at radius 1 is 1.43 bits per heavy atom.